The van der Waals surface area contributed by atoms with Crippen LogP contribution in [0, 0.1) is 30.1 Å². The predicted octanol–water partition coefficient (Wildman–Crippen LogP) is 1.76. The first-order valence-electron chi connectivity index (χ1n) is 6.27. The maximum atomic E-state index is 11.7. The third-order valence-electron chi connectivity index (χ3n) is 2.96. The number of carbonyl (C=O) groups excluding carboxylic acids is 1. The summed E-state index contributed by atoms with van der Waals surface area (Å²) in [5.74, 6) is 0.444. The number of nitrogens with zero attached hydrogens (tertiary/aromatic N) is 2. The minimum absolute atomic E-state index is 0.145. The van der Waals surface area contributed by atoms with E-state index in [1.165, 1.54) is 6.92 Å². The lowest BCUT2D eigenvalue weighted by Gasteiger charge is -2.23. The largest absolute Gasteiger partial charge is 0.341 e. The number of amides is 1. The van der Waals surface area contributed by atoms with Crippen molar-refractivity contribution in [3.63, 3.8) is 0 Å². The molecule has 0 spiro atoms. The Bertz CT molecular complexity index is 274. The quantitative estimate of drug-likeness (QED) is 0.777. The van der Waals surface area contributed by atoms with E-state index < -0.39 is 0 Å². The van der Waals surface area contributed by atoms with Gasteiger partial charge in [-0.25, -0.2) is 0 Å². The van der Waals surface area contributed by atoms with Gasteiger partial charge in [-0.05, 0) is 18.8 Å². The molecule has 1 saturated heterocycles. The number of terminal acetylenes is 1. The summed E-state index contributed by atoms with van der Waals surface area (Å²) in [5.41, 5.74) is 5.86. The first-order chi connectivity index (χ1) is 8.58. The van der Waals surface area contributed by atoms with Crippen molar-refractivity contribution in [2.45, 2.75) is 46.1 Å². The monoisotopic (exact) mass is 251 g/mol. The first-order valence-corrected chi connectivity index (χ1v) is 6.27. The van der Waals surface area contributed by atoms with Crippen molar-refractivity contribution in [2.24, 2.45) is 11.7 Å². The molecule has 4 heteroatoms. The molecule has 2 atom stereocenters. The van der Waals surface area contributed by atoms with Crippen molar-refractivity contribution in [3.05, 3.63) is 0 Å². The van der Waals surface area contributed by atoms with Gasteiger partial charge in [0.05, 0.1) is 12.1 Å². The fourth-order valence-electron chi connectivity index (χ4n) is 1.65. The standard InChI is InChI=1S/C10H20N2O.C2H3N.C2H2/c1-3-8(2)9(11)10(13)12-6-4-5-7-12;1-2-3;1-2/h8-9H,3-7,11H2,1-2H3;1H3;1-2H/t8-,9?;;/m0../s1. The topological polar surface area (TPSA) is 70.1 Å². The summed E-state index contributed by atoms with van der Waals surface area (Å²) in [6.45, 7) is 7.35. The Kier molecular flexibility index (Phi) is 12.5. The molecule has 1 heterocycles. The molecule has 0 radical (unpaired) electrons. The molecule has 0 aromatic heterocycles. The van der Waals surface area contributed by atoms with Gasteiger partial charge in [0.25, 0.3) is 0 Å². The lowest BCUT2D eigenvalue weighted by Crippen LogP contribution is -2.45. The van der Waals surface area contributed by atoms with E-state index in [2.05, 4.69) is 19.8 Å². The third-order valence-corrected chi connectivity index (χ3v) is 2.96. The van der Waals surface area contributed by atoms with Gasteiger partial charge in [-0.2, -0.15) is 5.26 Å². The first kappa shape index (κ1) is 18.8. The van der Waals surface area contributed by atoms with Gasteiger partial charge in [0.15, 0.2) is 0 Å². The molecule has 0 aliphatic carbocycles. The summed E-state index contributed by atoms with van der Waals surface area (Å²) >= 11 is 0. The van der Waals surface area contributed by atoms with Crippen LogP contribution in [0.15, 0.2) is 0 Å². The Labute approximate surface area is 111 Å². The Morgan fingerprint density at radius 2 is 1.83 bits per heavy atom. The van der Waals surface area contributed by atoms with E-state index in [0.717, 1.165) is 32.4 Å². The summed E-state index contributed by atoms with van der Waals surface area (Å²) in [5, 5.41) is 7.32. The van der Waals surface area contributed by atoms with E-state index in [9.17, 15) is 4.79 Å². The molecule has 4 nitrogen and oxygen atoms in total. The van der Waals surface area contributed by atoms with Gasteiger partial charge in [0.1, 0.15) is 0 Å². The predicted molar refractivity (Wildman–Crippen MR) is 74.4 cm³/mol. The normalized spacial score (nSPS) is 16.2. The Morgan fingerprint density at radius 1 is 1.44 bits per heavy atom. The highest BCUT2D eigenvalue weighted by atomic mass is 16.2. The van der Waals surface area contributed by atoms with Crippen LogP contribution >= 0.6 is 0 Å². The molecule has 1 aliphatic heterocycles. The molecule has 102 valence electrons. The van der Waals surface area contributed by atoms with Gasteiger partial charge in [-0.15, -0.1) is 12.8 Å². The SMILES string of the molecule is C#C.CC#N.CC[C@H](C)C(N)C(=O)N1CCCC1. The Balaban J connectivity index is 0. The highest BCUT2D eigenvalue weighted by Crippen LogP contribution is 2.13. The van der Waals surface area contributed by atoms with Gasteiger partial charge >= 0.3 is 0 Å². The maximum Gasteiger partial charge on any atom is 0.239 e. The van der Waals surface area contributed by atoms with Gasteiger partial charge in [0, 0.05) is 20.0 Å². The van der Waals surface area contributed by atoms with Gasteiger partial charge < -0.3 is 10.6 Å². The number of nitriles is 1. The number of hydrogen-bond acceptors (Lipinski definition) is 3. The van der Waals surface area contributed by atoms with Crippen LogP contribution in [-0.4, -0.2) is 29.9 Å². The van der Waals surface area contributed by atoms with E-state index in [4.69, 9.17) is 11.0 Å². The summed E-state index contributed by atoms with van der Waals surface area (Å²) in [4.78, 5) is 13.6. The van der Waals surface area contributed by atoms with Crippen LogP contribution in [0.1, 0.15) is 40.0 Å². The Morgan fingerprint density at radius 3 is 2.17 bits per heavy atom. The summed E-state index contributed by atoms with van der Waals surface area (Å²) < 4.78 is 0. The number of carbonyl (C=O) groups is 1. The summed E-state index contributed by atoms with van der Waals surface area (Å²) in [6, 6.07) is 1.46. The van der Waals surface area contributed by atoms with Crippen LogP contribution in [-0.2, 0) is 4.79 Å². The van der Waals surface area contributed by atoms with Gasteiger partial charge in [0.2, 0.25) is 5.91 Å². The zero-order valence-electron chi connectivity index (χ0n) is 11.7. The third kappa shape index (κ3) is 6.93. The van der Waals surface area contributed by atoms with Crippen molar-refractivity contribution < 1.29 is 4.79 Å². The highest BCUT2D eigenvalue weighted by molar-refractivity contribution is 5.82. The van der Waals surface area contributed by atoms with Crippen molar-refractivity contribution in [1.82, 2.24) is 4.90 Å². The average molecular weight is 251 g/mol. The van der Waals surface area contributed by atoms with Crippen LogP contribution in [0.3, 0.4) is 0 Å². The van der Waals surface area contributed by atoms with Crippen molar-refractivity contribution in [3.8, 4) is 18.9 Å². The summed E-state index contributed by atoms with van der Waals surface area (Å²) in [6.07, 6.45) is 11.2. The number of hydrogen-bond donors (Lipinski definition) is 1. The number of rotatable bonds is 3. The van der Waals surface area contributed by atoms with Gasteiger partial charge in [-0.3, -0.25) is 4.79 Å². The molecule has 1 rings (SSSR count). The molecule has 0 aromatic carbocycles. The van der Waals surface area contributed by atoms with Crippen LogP contribution in [0.4, 0.5) is 0 Å². The van der Waals surface area contributed by atoms with E-state index in [0.29, 0.717) is 5.92 Å². The van der Waals surface area contributed by atoms with Gasteiger partial charge in [-0.1, -0.05) is 20.3 Å². The molecule has 1 aliphatic rings. The summed E-state index contributed by atoms with van der Waals surface area (Å²) in [7, 11) is 0. The molecule has 0 aromatic rings. The van der Waals surface area contributed by atoms with Crippen LogP contribution < -0.4 is 5.73 Å². The molecule has 1 unspecified atom stereocenters. The zero-order valence-corrected chi connectivity index (χ0v) is 11.7. The molecule has 1 fully saturated rings. The molecule has 0 saturated carbocycles. The maximum absolute atomic E-state index is 11.7. The number of likely N-dealkylation sites (tertiary alicyclic amines) is 1. The molecule has 1 amide bonds. The molecule has 2 N–H and O–H groups in total. The van der Waals surface area contributed by atoms with Crippen molar-refractivity contribution >= 4 is 5.91 Å². The van der Waals surface area contributed by atoms with E-state index in [1.54, 1.807) is 6.07 Å². The second kappa shape index (κ2) is 12.0. The minimum atomic E-state index is -0.289. The van der Waals surface area contributed by atoms with Crippen LogP contribution in [0.25, 0.3) is 0 Å². The lowest BCUT2D eigenvalue weighted by molar-refractivity contribution is -0.132. The fourth-order valence-corrected chi connectivity index (χ4v) is 1.65. The second-order valence-corrected chi connectivity index (χ2v) is 4.17. The molecule has 18 heavy (non-hydrogen) atoms. The highest BCUT2D eigenvalue weighted by Gasteiger charge is 2.26. The molecule has 0 bridgehead atoms. The number of nitrogens with two attached hydrogens (primary N) is 1. The lowest BCUT2D eigenvalue weighted by atomic mass is 9.99. The van der Waals surface area contributed by atoms with Crippen molar-refractivity contribution in [2.75, 3.05) is 13.1 Å². The van der Waals surface area contributed by atoms with E-state index in [-0.39, 0.29) is 11.9 Å². The molecular weight excluding hydrogens is 226 g/mol. The van der Waals surface area contributed by atoms with Crippen LogP contribution in [0.2, 0.25) is 0 Å². The smallest absolute Gasteiger partial charge is 0.239 e. The molecular formula is C14H25N3O. The van der Waals surface area contributed by atoms with E-state index in [1.807, 2.05) is 11.8 Å². The minimum Gasteiger partial charge on any atom is -0.341 e. The second-order valence-electron chi connectivity index (χ2n) is 4.17. The van der Waals surface area contributed by atoms with Crippen molar-refractivity contribution in [1.29, 1.82) is 5.26 Å². The fraction of sp³-hybridized carbons (Fsp3) is 0.714. The van der Waals surface area contributed by atoms with E-state index >= 15 is 0 Å². The average Bonchev–Trinajstić information content (AvgIpc) is 2.93. The zero-order chi connectivity index (χ0) is 14.6. The van der Waals surface area contributed by atoms with Crippen LogP contribution in [0.5, 0.6) is 0 Å². The Hall–Kier alpha value is -1.52.